The Hall–Kier alpha value is -1.02. The molecule has 0 spiro atoms. The SMILES string of the molecule is CCC(N)C(C)c1ccc(OC)cc1. The van der Waals surface area contributed by atoms with Crippen molar-refractivity contribution < 1.29 is 4.74 Å². The van der Waals surface area contributed by atoms with E-state index in [-0.39, 0.29) is 6.04 Å². The fourth-order valence-electron chi connectivity index (χ4n) is 1.51. The van der Waals surface area contributed by atoms with E-state index >= 15 is 0 Å². The van der Waals surface area contributed by atoms with Gasteiger partial charge in [-0.15, -0.1) is 0 Å². The average molecular weight is 193 g/mol. The molecular formula is C12H19NO. The van der Waals surface area contributed by atoms with Crippen LogP contribution in [0.1, 0.15) is 31.7 Å². The van der Waals surface area contributed by atoms with Gasteiger partial charge in [0.1, 0.15) is 5.75 Å². The summed E-state index contributed by atoms with van der Waals surface area (Å²) >= 11 is 0. The fourth-order valence-corrected chi connectivity index (χ4v) is 1.51. The van der Waals surface area contributed by atoms with Crippen molar-refractivity contribution in [2.24, 2.45) is 5.73 Å². The molecule has 0 heterocycles. The Morgan fingerprint density at radius 3 is 2.29 bits per heavy atom. The molecule has 0 fully saturated rings. The number of ether oxygens (including phenoxy) is 1. The second kappa shape index (κ2) is 5.01. The summed E-state index contributed by atoms with van der Waals surface area (Å²) in [7, 11) is 1.68. The minimum atomic E-state index is 0.239. The maximum atomic E-state index is 5.99. The molecular weight excluding hydrogens is 174 g/mol. The zero-order chi connectivity index (χ0) is 10.6. The normalized spacial score (nSPS) is 14.9. The molecule has 1 aromatic rings. The lowest BCUT2D eigenvalue weighted by Gasteiger charge is -2.18. The molecule has 78 valence electrons. The highest BCUT2D eigenvalue weighted by Crippen LogP contribution is 2.22. The van der Waals surface area contributed by atoms with Gasteiger partial charge in [0.05, 0.1) is 7.11 Å². The maximum Gasteiger partial charge on any atom is 0.118 e. The minimum Gasteiger partial charge on any atom is -0.497 e. The van der Waals surface area contributed by atoms with Gasteiger partial charge in [0.15, 0.2) is 0 Å². The smallest absolute Gasteiger partial charge is 0.118 e. The second-order valence-electron chi connectivity index (χ2n) is 3.63. The van der Waals surface area contributed by atoms with Gasteiger partial charge in [0.2, 0.25) is 0 Å². The van der Waals surface area contributed by atoms with Crippen molar-refractivity contribution in [1.82, 2.24) is 0 Å². The van der Waals surface area contributed by atoms with Gasteiger partial charge in [-0.2, -0.15) is 0 Å². The first kappa shape index (κ1) is 11.1. The van der Waals surface area contributed by atoms with Crippen LogP contribution in [-0.4, -0.2) is 13.2 Å². The van der Waals surface area contributed by atoms with Crippen LogP contribution in [-0.2, 0) is 0 Å². The number of benzene rings is 1. The molecule has 2 heteroatoms. The fraction of sp³-hybridized carbons (Fsp3) is 0.500. The Morgan fingerprint density at radius 2 is 1.86 bits per heavy atom. The van der Waals surface area contributed by atoms with Crippen molar-refractivity contribution in [3.8, 4) is 5.75 Å². The Balaban J connectivity index is 2.75. The van der Waals surface area contributed by atoms with Crippen molar-refractivity contribution in [2.45, 2.75) is 32.2 Å². The highest BCUT2D eigenvalue weighted by atomic mass is 16.5. The zero-order valence-electron chi connectivity index (χ0n) is 9.16. The predicted molar refractivity (Wildman–Crippen MR) is 59.7 cm³/mol. The van der Waals surface area contributed by atoms with Gasteiger partial charge in [-0.25, -0.2) is 0 Å². The van der Waals surface area contributed by atoms with Gasteiger partial charge < -0.3 is 10.5 Å². The zero-order valence-corrected chi connectivity index (χ0v) is 9.16. The van der Waals surface area contributed by atoms with Crippen LogP contribution in [0, 0.1) is 0 Å². The highest BCUT2D eigenvalue weighted by Gasteiger charge is 2.12. The van der Waals surface area contributed by atoms with Gasteiger partial charge in [0, 0.05) is 6.04 Å². The van der Waals surface area contributed by atoms with E-state index in [0.29, 0.717) is 5.92 Å². The van der Waals surface area contributed by atoms with Crippen LogP contribution in [0.2, 0.25) is 0 Å². The number of hydrogen-bond donors (Lipinski definition) is 1. The Labute approximate surface area is 86.1 Å². The number of rotatable bonds is 4. The van der Waals surface area contributed by atoms with Crippen LogP contribution in [0.25, 0.3) is 0 Å². The van der Waals surface area contributed by atoms with E-state index in [1.165, 1.54) is 5.56 Å². The van der Waals surface area contributed by atoms with Gasteiger partial charge in [-0.1, -0.05) is 26.0 Å². The monoisotopic (exact) mass is 193 g/mol. The number of nitrogens with two attached hydrogens (primary N) is 1. The topological polar surface area (TPSA) is 35.2 Å². The number of hydrogen-bond acceptors (Lipinski definition) is 2. The molecule has 0 bridgehead atoms. The summed E-state index contributed by atoms with van der Waals surface area (Å²) in [5, 5.41) is 0. The molecule has 0 aliphatic heterocycles. The van der Waals surface area contributed by atoms with Crippen LogP contribution >= 0.6 is 0 Å². The van der Waals surface area contributed by atoms with E-state index in [1.807, 2.05) is 12.1 Å². The first-order chi connectivity index (χ1) is 6.69. The molecule has 0 saturated carbocycles. The first-order valence-corrected chi connectivity index (χ1v) is 5.08. The lowest BCUT2D eigenvalue weighted by Crippen LogP contribution is -2.25. The molecule has 2 nitrogen and oxygen atoms in total. The van der Waals surface area contributed by atoms with E-state index in [0.717, 1.165) is 12.2 Å². The molecule has 0 amide bonds. The molecule has 0 aliphatic carbocycles. The van der Waals surface area contributed by atoms with E-state index in [4.69, 9.17) is 10.5 Å². The summed E-state index contributed by atoms with van der Waals surface area (Å²) < 4.78 is 5.10. The summed E-state index contributed by atoms with van der Waals surface area (Å²) in [6, 6.07) is 8.36. The molecule has 2 unspecified atom stereocenters. The molecule has 0 saturated heterocycles. The number of methoxy groups -OCH3 is 1. The third-order valence-electron chi connectivity index (χ3n) is 2.76. The molecule has 0 radical (unpaired) electrons. The maximum absolute atomic E-state index is 5.99. The molecule has 1 aromatic carbocycles. The first-order valence-electron chi connectivity index (χ1n) is 5.08. The average Bonchev–Trinajstić information content (AvgIpc) is 2.27. The molecule has 2 N–H and O–H groups in total. The van der Waals surface area contributed by atoms with Crippen LogP contribution < -0.4 is 10.5 Å². The van der Waals surface area contributed by atoms with Crippen molar-refractivity contribution in [1.29, 1.82) is 0 Å². The third kappa shape index (κ3) is 2.48. The second-order valence-corrected chi connectivity index (χ2v) is 3.63. The largest absolute Gasteiger partial charge is 0.497 e. The summed E-state index contributed by atoms with van der Waals surface area (Å²) in [5.74, 6) is 1.30. The molecule has 1 rings (SSSR count). The quantitative estimate of drug-likeness (QED) is 0.797. The van der Waals surface area contributed by atoms with Gasteiger partial charge in [0.25, 0.3) is 0 Å². The van der Waals surface area contributed by atoms with Crippen molar-refractivity contribution >= 4 is 0 Å². The molecule has 2 atom stereocenters. The van der Waals surface area contributed by atoms with Crippen molar-refractivity contribution in [3.05, 3.63) is 29.8 Å². The van der Waals surface area contributed by atoms with Gasteiger partial charge >= 0.3 is 0 Å². The van der Waals surface area contributed by atoms with Gasteiger partial charge in [-0.05, 0) is 30.0 Å². The third-order valence-corrected chi connectivity index (χ3v) is 2.76. The predicted octanol–water partition coefficient (Wildman–Crippen LogP) is 2.54. The Kier molecular flexibility index (Phi) is 3.96. The minimum absolute atomic E-state index is 0.239. The summed E-state index contributed by atoms with van der Waals surface area (Å²) in [6.45, 7) is 4.28. The van der Waals surface area contributed by atoms with Crippen LogP contribution in [0.4, 0.5) is 0 Å². The van der Waals surface area contributed by atoms with Crippen molar-refractivity contribution in [2.75, 3.05) is 7.11 Å². The van der Waals surface area contributed by atoms with E-state index in [1.54, 1.807) is 7.11 Å². The Morgan fingerprint density at radius 1 is 1.29 bits per heavy atom. The van der Waals surface area contributed by atoms with E-state index < -0.39 is 0 Å². The van der Waals surface area contributed by atoms with Crippen LogP contribution in [0.3, 0.4) is 0 Å². The lowest BCUT2D eigenvalue weighted by molar-refractivity contribution is 0.414. The van der Waals surface area contributed by atoms with Crippen LogP contribution in [0.5, 0.6) is 5.75 Å². The summed E-state index contributed by atoms with van der Waals surface area (Å²) in [6.07, 6.45) is 1.01. The van der Waals surface area contributed by atoms with Crippen molar-refractivity contribution in [3.63, 3.8) is 0 Å². The molecule has 14 heavy (non-hydrogen) atoms. The molecule has 0 aliphatic rings. The lowest BCUT2D eigenvalue weighted by atomic mass is 9.92. The Bertz CT molecular complexity index is 268. The van der Waals surface area contributed by atoms with E-state index in [9.17, 15) is 0 Å². The summed E-state index contributed by atoms with van der Waals surface area (Å²) in [5.41, 5.74) is 7.27. The van der Waals surface area contributed by atoms with E-state index in [2.05, 4.69) is 26.0 Å². The van der Waals surface area contributed by atoms with Gasteiger partial charge in [-0.3, -0.25) is 0 Å². The molecule has 0 aromatic heterocycles. The standard InChI is InChI=1S/C12H19NO/c1-4-12(13)9(2)10-5-7-11(14-3)8-6-10/h5-9,12H,4,13H2,1-3H3. The summed E-state index contributed by atoms with van der Waals surface area (Å²) in [4.78, 5) is 0. The highest BCUT2D eigenvalue weighted by molar-refractivity contribution is 5.29. The van der Waals surface area contributed by atoms with Crippen LogP contribution in [0.15, 0.2) is 24.3 Å².